The second-order valence-electron chi connectivity index (χ2n) is 24.8. The molecule has 0 nitrogen and oxygen atoms in total. The summed E-state index contributed by atoms with van der Waals surface area (Å²) < 4.78 is 0. The normalized spacial score (nSPS) is 41.8. The molecule has 8 aliphatic rings. The molecule has 0 aliphatic heterocycles. The number of allylic oxidation sites excluding steroid dienone is 1. The van der Waals surface area contributed by atoms with Crippen LogP contribution in [-0.4, -0.2) is 0 Å². The monoisotopic (exact) mass is 827 g/mol. The third-order valence-electron chi connectivity index (χ3n) is 21.3. The second-order valence-corrected chi connectivity index (χ2v) is 24.8. The fourth-order valence-electron chi connectivity index (χ4n) is 18.2. The van der Waals surface area contributed by atoms with E-state index in [-0.39, 0.29) is 0 Å². The molecule has 8 fully saturated rings. The first-order chi connectivity index (χ1) is 29.4. The summed E-state index contributed by atoms with van der Waals surface area (Å²) in [5, 5.41) is 0. The summed E-state index contributed by atoms with van der Waals surface area (Å²) >= 11 is 0. The highest BCUT2D eigenvalue weighted by Gasteiger charge is 2.54. The van der Waals surface area contributed by atoms with Gasteiger partial charge >= 0.3 is 0 Å². The number of unbranched alkanes of at least 4 members (excludes halogenated alkanes) is 1. The van der Waals surface area contributed by atoms with Gasteiger partial charge in [-0.15, -0.1) is 0 Å². The maximum absolute atomic E-state index is 5.09. The first-order valence-corrected chi connectivity index (χ1v) is 29.0. The molecular weight excluding hydrogens is 721 g/mol. The molecule has 0 aromatic rings. The lowest BCUT2D eigenvalue weighted by molar-refractivity contribution is -0.106. The first-order valence-electron chi connectivity index (χ1n) is 29.0. The van der Waals surface area contributed by atoms with Crippen molar-refractivity contribution < 1.29 is 0 Å². The highest BCUT2D eigenvalue weighted by Crippen LogP contribution is 2.62. The zero-order valence-corrected chi connectivity index (χ0v) is 41.5. The van der Waals surface area contributed by atoms with Crippen molar-refractivity contribution in [2.45, 2.75) is 266 Å². The molecule has 0 spiro atoms. The lowest BCUT2D eigenvalue weighted by atomic mass is 9.45. The van der Waals surface area contributed by atoms with E-state index >= 15 is 0 Å². The van der Waals surface area contributed by atoms with E-state index in [1.165, 1.54) is 148 Å². The Hall–Kier alpha value is -0.260. The Kier molecular flexibility index (Phi) is 19.3. The third-order valence-corrected chi connectivity index (χ3v) is 21.3. The Bertz CT molecular complexity index is 1200. The second kappa shape index (κ2) is 24.3. The minimum absolute atomic E-state index is 0.856. The van der Waals surface area contributed by atoms with E-state index in [0.29, 0.717) is 0 Å². The van der Waals surface area contributed by atoms with E-state index < -0.39 is 0 Å². The number of rotatable bonds is 11. The zero-order valence-electron chi connectivity index (χ0n) is 41.5. The van der Waals surface area contributed by atoms with Crippen molar-refractivity contribution in [2.24, 2.45) is 101 Å². The molecule has 0 saturated heterocycles. The summed E-state index contributed by atoms with van der Waals surface area (Å²) in [5.74, 6) is 17.3. The van der Waals surface area contributed by atoms with Crippen LogP contribution >= 0.6 is 0 Å². The van der Waals surface area contributed by atoms with Gasteiger partial charge in [-0.1, -0.05) is 194 Å². The topological polar surface area (TPSA) is 0 Å². The smallest absolute Gasteiger partial charge is 0.0146 e. The van der Waals surface area contributed by atoms with Crippen LogP contribution in [0.2, 0.25) is 0 Å². The molecular formula is C60H106. The first kappa shape index (κ1) is 47.7. The zero-order chi connectivity index (χ0) is 41.8. The molecule has 15 unspecified atom stereocenters. The van der Waals surface area contributed by atoms with Crippen LogP contribution in [0.25, 0.3) is 0 Å². The molecule has 0 N–H and O–H groups in total. The van der Waals surface area contributed by atoms with Crippen molar-refractivity contribution in [2.75, 3.05) is 0 Å². The predicted octanol–water partition coefficient (Wildman–Crippen LogP) is 19.3. The van der Waals surface area contributed by atoms with Crippen LogP contribution in [0.5, 0.6) is 0 Å². The van der Waals surface area contributed by atoms with Gasteiger partial charge < -0.3 is 0 Å². The van der Waals surface area contributed by atoms with Crippen LogP contribution in [0.4, 0.5) is 0 Å². The molecule has 8 saturated carbocycles. The van der Waals surface area contributed by atoms with Crippen molar-refractivity contribution >= 4 is 0 Å². The summed E-state index contributed by atoms with van der Waals surface area (Å²) in [5.41, 5.74) is 1.75. The van der Waals surface area contributed by atoms with Gasteiger partial charge in [0.15, 0.2) is 0 Å². The summed E-state index contributed by atoms with van der Waals surface area (Å²) in [6, 6.07) is 0. The molecule has 0 heterocycles. The summed E-state index contributed by atoms with van der Waals surface area (Å²) in [6.07, 6.45) is 54.7. The molecule has 0 amide bonds. The predicted molar refractivity (Wildman–Crippen MR) is 263 cm³/mol. The van der Waals surface area contributed by atoms with Gasteiger partial charge in [-0.25, -0.2) is 0 Å². The molecule has 8 rings (SSSR count). The number of hydrogen-bond acceptors (Lipinski definition) is 0. The summed E-state index contributed by atoms with van der Waals surface area (Å²) in [7, 11) is 0. The molecule has 8 aliphatic carbocycles. The largest absolute Gasteiger partial charge is 0.0996 e. The van der Waals surface area contributed by atoms with Crippen LogP contribution in [0.1, 0.15) is 266 Å². The minimum Gasteiger partial charge on any atom is -0.0996 e. The van der Waals surface area contributed by atoms with Crippen molar-refractivity contribution in [3.8, 4) is 0 Å². The maximum Gasteiger partial charge on any atom is -0.0146 e. The standard InChI is InChI=1S/C50H86.C10H20/c1-5-6-17-35(2)26-32-44-43-23-14-16-25-46(43)50(40-20-11-8-12-21-40)47-33-31-41(34-48(44)47)38-29-27-36(3)42-22-13-15-24-45(42)49(37(4)28-30-38)39-18-9-7-10-19-39;1-3-6-10-8-5-4-7-9(10)2/h35-36,38-50H,4-34H2,1-3H3;9-10H,3-8H2,1-2H3. The summed E-state index contributed by atoms with van der Waals surface area (Å²) in [4.78, 5) is 0. The molecule has 0 aromatic heterocycles. The van der Waals surface area contributed by atoms with E-state index in [1.807, 2.05) is 0 Å². The Morgan fingerprint density at radius 3 is 1.77 bits per heavy atom. The fourth-order valence-corrected chi connectivity index (χ4v) is 18.2. The van der Waals surface area contributed by atoms with Crippen molar-refractivity contribution in [3.05, 3.63) is 12.2 Å². The molecule has 15 atom stereocenters. The third kappa shape index (κ3) is 12.1. The minimum atomic E-state index is 0.856. The molecule has 0 radical (unpaired) electrons. The van der Waals surface area contributed by atoms with E-state index in [9.17, 15) is 0 Å². The average Bonchev–Trinajstić information content (AvgIpc) is 3.28. The maximum atomic E-state index is 5.09. The van der Waals surface area contributed by atoms with Gasteiger partial charge in [-0.05, 0) is 184 Å². The van der Waals surface area contributed by atoms with Crippen LogP contribution < -0.4 is 0 Å². The highest BCUT2D eigenvalue weighted by atomic mass is 14.6. The number of hydrogen-bond donors (Lipinski definition) is 0. The van der Waals surface area contributed by atoms with Crippen molar-refractivity contribution in [1.82, 2.24) is 0 Å². The number of fused-ring (bicyclic) bond motifs is 3. The lowest BCUT2D eigenvalue weighted by Gasteiger charge is -2.59. The van der Waals surface area contributed by atoms with Crippen molar-refractivity contribution in [1.29, 1.82) is 0 Å². The Balaban J connectivity index is 0.000000478. The molecule has 0 heteroatoms. The van der Waals surface area contributed by atoms with Crippen LogP contribution in [0.3, 0.4) is 0 Å². The van der Waals surface area contributed by atoms with Gasteiger partial charge in [0.05, 0.1) is 0 Å². The van der Waals surface area contributed by atoms with Crippen molar-refractivity contribution in [3.63, 3.8) is 0 Å². The van der Waals surface area contributed by atoms with Crippen LogP contribution in [0.15, 0.2) is 12.2 Å². The molecule has 0 aromatic carbocycles. The van der Waals surface area contributed by atoms with Gasteiger partial charge in [0.1, 0.15) is 0 Å². The Labute approximate surface area is 377 Å². The summed E-state index contributed by atoms with van der Waals surface area (Å²) in [6.45, 7) is 17.6. The fraction of sp³-hybridized carbons (Fsp3) is 0.967. The van der Waals surface area contributed by atoms with Crippen LogP contribution in [-0.2, 0) is 0 Å². The van der Waals surface area contributed by atoms with Gasteiger partial charge in [0.2, 0.25) is 0 Å². The van der Waals surface area contributed by atoms with E-state index in [4.69, 9.17) is 6.58 Å². The van der Waals surface area contributed by atoms with E-state index in [1.54, 1.807) is 89.0 Å². The average molecular weight is 828 g/mol. The van der Waals surface area contributed by atoms with Gasteiger partial charge in [-0.3, -0.25) is 0 Å². The lowest BCUT2D eigenvalue weighted by Crippen LogP contribution is -2.52. The Morgan fingerprint density at radius 1 is 0.467 bits per heavy atom. The van der Waals surface area contributed by atoms with E-state index in [2.05, 4.69) is 34.6 Å². The van der Waals surface area contributed by atoms with Gasteiger partial charge in [0, 0.05) is 0 Å². The highest BCUT2D eigenvalue weighted by molar-refractivity contribution is 5.09. The van der Waals surface area contributed by atoms with Gasteiger partial charge in [0.25, 0.3) is 0 Å². The Morgan fingerprint density at radius 2 is 1.07 bits per heavy atom. The SMILES string of the molecule is C=C1CCC(C2CCC3C(C2)C(CCC(C)CCCC)C2CCCCC2C3C2CCCCC2)CCC(C)C2CCCCC2C1C1CCCCC1.CCCC1CCCCC1C. The van der Waals surface area contributed by atoms with Gasteiger partial charge in [-0.2, -0.15) is 0 Å². The van der Waals surface area contributed by atoms with E-state index in [0.717, 1.165) is 101 Å². The quantitative estimate of drug-likeness (QED) is 0.182. The molecule has 0 bridgehead atoms. The van der Waals surface area contributed by atoms with Crippen LogP contribution in [0, 0.1) is 101 Å². The molecule has 346 valence electrons. The molecule has 60 heavy (non-hydrogen) atoms.